The van der Waals surface area contributed by atoms with Crippen LogP contribution < -0.4 is 5.32 Å². The third kappa shape index (κ3) is 2.99. The maximum absolute atomic E-state index is 8.46. The molecule has 1 aromatic carbocycles. The van der Waals surface area contributed by atoms with Crippen molar-refractivity contribution >= 4 is 17.6 Å². The van der Waals surface area contributed by atoms with E-state index < -0.39 is 0 Å². The molecule has 0 aliphatic carbocycles. The summed E-state index contributed by atoms with van der Waals surface area (Å²) in [6.45, 7) is 2.13. The highest BCUT2D eigenvalue weighted by Gasteiger charge is 2.01. The Morgan fingerprint density at radius 1 is 1.17 bits per heavy atom. The average Bonchev–Trinajstić information content (AvgIpc) is 2.41. The summed E-state index contributed by atoms with van der Waals surface area (Å²) in [7, 11) is 0. The van der Waals surface area contributed by atoms with Gasteiger partial charge in [-0.15, -0.1) is 22.0 Å². The molecular weight excluding hydrogens is 244 g/mol. The second-order valence-electron chi connectivity index (χ2n) is 3.50. The highest BCUT2D eigenvalue weighted by Crippen LogP contribution is 2.22. The van der Waals surface area contributed by atoms with Crippen molar-refractivity contribution in [2.45, 2.75) is 11.8 Å². The number of nitriles is 1. The van der Waals surface area contributed by atoms with Crippen molar-refractivity contribution in [2.24, 2.45) is 0 Å². The quantitative estimate of drug-likeness (QED) is 0.517. The van der Waals surface area contributed by atoms with Gasteiger partial charge in [0, 0.05) is 10.5 Å². The lowest BCUT2D eigenvalue weighted by Crippen LogP contribution is -1.94. The van der Waals surface area contributed by atoms with Crippen LogP contribution in [0.5, 0.6) is 0 Å². The van der Waals surface area contributed by atoms with Crippen LogP contribution in [0.25, 0.3) is 11.3 Å². The van der Waals surface area contributed by atoms with Crippen molar-refractivity contribution in [1.82, 2.24) is 10.2 Å². The molecule has 0 saturated heterocycles. The summed E-state index contributed by atoms with van der Waals surface area (Å²) in [4.78, 5) is 1.25. The summed E-state index contributed by atoms with van der Waals surface area (Å²) in [6, 6.07) is 11.8. The van der Waals surface area contributed by atoms with E-state index in [1.165, 1.54) is 4.90 Å². The van der Waals surface area contributed by atoms with Gasteiger partial charge < -0.3 is 0 Å². The topological polar surface area (TPSA) is 61.6 Å². The number of rotatable bonds is 4. The van der Waals surface area contributed by atoms with Crippen molar-refractivity contribution in [3.63, 3.8) is 0 Å². The summed E-state index contributed by atoms with van der Waals surface area (Å²) < 4.78 is 0. The highest BCUT2D eigenvalue weighted by molar-refractivity contribution is 7.99. The molecule has 0 radical (unpaired) electrons. The predicted octanol–water partition coefficient (Wildman–Crippen LogP) is 3.15. The Kier molecular flexibility index (Phi) is 4.15. The Morgan fingerprint density at radius 2 is 1.94 bits per heavy atom. The summed E-state index contributed by atoms with van der Waals surface area (Å²) in [5.41, 5.74) is 1.82. The molecule has 0 fully saturated rings. The molecule has 5 heteroatoms. The summed E-state index contributed by atoms with van der Waals surface area (Å²) >= 11 is 1.81. The Hall–Kier alpha value is -2.06. The van der Waals surface area contributed by atoms with Crippen LogP contribution in [0.15, 0.2) is 41.3 Å². The minimum Gasteiger partial charge on any atom is -0.275 e. The molecule has 0 aliphatic heterocycles. The summed E-state index contributed by atoms with van der Waals surface area (Å²) in [5, 5.41) is 18.9. The van der Waals surface area contributed by atoms with Crippen LogP contribution in [0.1, 0.15) is 6.92 Å². The van der Waals surface area contributed by atoms with Crippen LogP contribution in [0.4, 0.5) is 5.82 Å². The molecule has 0 bridgehead atoms. The zero-order chi connectivity index (χ0) is 12.8. The molecule has 4 nitrogen and oxygen atoms in total. The summed E-state index contributed by atoms with van der Waals surface area (Å²) in [6.07, 6.45) is 1.81. The minimum atomic E-state index is 0.458. The molecule has 1 N–H and O–H groups in total. The highest BCUT2D eigenvalue weighted by atomic mass is 32.2. The van der Waals surface area contributed by atoms with E-state index in [1.807, 2.05) is 24.4 Å². The number of aromatic nitrogens is 2. The van der Waals surface area contributed by atoms with E-state index in [-0.39, 0.29) is 0 Å². The molecular formula is C13H12N4S. The van der Waals surface area contributed by atoms with E-state index in [0.717, 1.165) is 17.0 Å². The minimum absolute atomic E-state index is 0.458. The first-order valence-electron chi connectivity index (χ1n) is 5.55. The molecule has 0 amide bonds. The first-order valence-corrected chi connectivity index (χ1v) is 6.54. The van der Waals surface area contributed by atoms with Gasteiger partial charge in [-0.3, -0.25) is 5.32 Å². The fraction of sp³-hybridized carbons (Fsp3) is 0.154. The van der Waals surface area contributed by atoms with Gasteiger partial charge in [0.2, 0.25) is 0 Å². The molecule has 0 atom stereocenters. The lowest BCUT2D eigenvalue weighted by molar-refractivity contribution is 1.04. The molecule has 1 heterocycles. The number of anilines is 1. The molecule has 18 heavy (non-hydrogen) atoms. The molecule has 0 aliphatic rings. The van der Waals surface area contributed by atoms with Gasteiger partial charge in [-0.05, 0) is 30.0 Å². The van der Waals surface area contributed by atoms with Crippen molar-refractivity contribution in [2.75, 3.05) is 11.1 Å². The Bertz CT molecular complexity index is 543. The first-order chi connectivity index (χ1) is 8.83. The molecule has 1 aromatic heterocycles. The molecule has 0 spiro atoms. The number of benzene rings is 1. The smallest absolute Gasteiger partial charge is 0.182 e. The number of hydrogen-bond donors (Lipinski definition) is 1. The van der Waals surface area contributed by atoms with Crippen molar-refractivity contribution < 1.29 is 0 Å². The van der Waals surface area contributed by atoms with Gasteiger partial charge in [0.05, 0.1) is 5.69 Å². The first kappa shape index (κ1) is 12.4. The third-order valence-corrected chi connectivity index (χ3v) is 3.20. The predicted molar refractivity (Wildman–Crippen MR) is 73.1 cm³/mol. The van der Waals surface area contributed by atoms with E-state index >= 15 is 0 Å². The van der Waals surface area contributed by atoms with E-state index in [4.69, 9.17) is 5.26 Å². The lowest BCUT2D eigenvalue weighted by atomic mass is 10.1. The Morgan fingerprint density at radius 3 is 2.50 bits per heavy atom. The van der Waals surface area contributed by atoms with Gasteiger partial charge in [0.1, 0.15) is 0 Å². The number of nitrogens with zero attached hydrogens (tertiary/aromatic N) is 3. The average molecular weight is 256 g/mol. The Labute approximate surface area is 110 Å². The maximum atomic E-state index is 8.46. The number of thioether (sulfide) groups is 1. The lowest BCUT2D eigenvalue weighted by Gasteiger charge is -2.02. The normalized spacial score (nSPS) is 9.78. The molecule has 2 rings (SSSR count). The van der Waals surface area contributed by atoms with Gasteiger partial charge in [0.15, 0.2) is 12.0 Å². The fourth-order valence-corrected chi connectivity index (χ4v) is 2.16. The van der Waals surface area contributed by atoms with E-state index in [9.17, 15) is 0 Å². The van der Waals surface area contributed by atoms with Gasteiger partial charge in [-0.25, -0.2) is 0 Å². The van der Waals surface area contributed by atoms with Crippen LogP contribution >= 0.6 is 11.8 Å². The third-order valence-electron chi connectivity index (χ3n) is 2.31. The zero-order valence-corrected chi connectivity index (χ0v) is 10.7. The monoisotopic (exact) mass is 256 g/mol. The largest absolute Gasteiger partial charge is 0.275 e. The standard InChI is InChI=1S/C13H12N4S/c1-2-18-11-5-3-10(4-6-11)12-7-8-13(15-9-14)17-16-12/h3-8H,2H2,1H3,(H,15,17). The zero-order valence-electron chi connectivity index (χ0n) is 9.92. The van der Waals surface area contributed by atoms with Crippen LogP contribution in [0, 0.1) is 11.5 Å². The Balaban J connectivity index is 2.18. The van der Waals surface area contributed by atoms with Crippen LogP contribution in [0.3, 0.4) is 0 Å². The van der Waals surface area contributed by atoms with E-state index in [0.29, 0.717) is 5.82 Å². The van der Waals surface area contributed by atoms with Gasteiger partial charge >= 0.3 is 0 Å². The fourth-order valence-electron chi connectivity index (χ4n) is 1.50. The van der Waals surface area contributed by atoms with Gasteiger partial charge in [-0.1, -0.05) is 19.1 Å². The number of nitrogens with one attached hydrogen (secondary N) is 1. The van der Waals surface area contributed by atoms with Gasteiger partial charge in [0.25, 0.3) is 0 Å². The van der Waals surface area contributed by atoms with Crippen LogP contribution in [-0.2, 0) is 0 Å². The second kappa shape index (κ2) is 6.03. The van der Waals surface area contributed by atoms with Crippen molar-refractivity contribution in [3.05, 3.63) is 36.4 Å². The maximum Gasteiger partial charge on any atom is 0.182 e. The van der Waals surface area contributed by atoms with E-state index in [1.54, 1.807) is 17.8 Å². The van der Waals surface area contributed by atoms with Crippen molar-refractivity contribution in [1.29, 1.82) is 5.26 Å². The van der Waals surface area contributed by atoms with Crippen molar-refractivity contribution in [3.8, 4) is 17.5 Å². The van der Waals surface area contributed by atoms with Crippen LogP contribution in [-0.4, -0.2) is 16.0 Å². The van der Waals surface area contributed by atoms with E-state index in [2.05, 4.69) is 34.6 Å². The second-order valence-corrected chi connectivity index (χ2v) is 4.84. The molecule has 2 aromatic rings. The molecule has 0 saturated carbocycles. The molecule has 0 unspecified atom stereocenters. The SMILES string of the molecule is CCSc1ccc(-c2ccc(NC#N)nn2)cc1. The number of hydrogen-bond acceptors (Lipinski definition) is 5. The summed E-state index contributed by atoms with van der Waals surface area (Å²) in [5.74, 6) is 1.52. The van der Waals surface area contributed by atoms with Crippen LogP contribution in [0.2, 0.25) is 0 Å². The van der Waals surface area contributed by atoms with Gasteiger partial charge in [-0.2, -0.15) is 5.26 Å². The molecule has 90 valence electrons.